The summed E-state index contributed by atoms with van der Waals surface area (Å²) >= 11 is 7.39. The Kier molecular flexibility index (Phi) is 7.17. The number of thioether (sulfide) groups is 1. The molecule has 6 nitrogen and oxygen atoms in total. The van der Waals surface area contributed by atoms with Gasteiger partial charge in [-0.1, -0.05) is 35.5 Å². The first kappa shape index (κ1) is 21.2. The monoisotopic (exact) mass is 431 g/mol. The molecule has 1 aliphatic heterocycles. The third kappa shape index (κ3) is 5.31. The Hall–Kier alpha value is -2.51. The van der Waals surface area contributed by atoms with Gasteiger partial charge >= 0.3 is 0 Å². The summed E-state index contributed by atoms with van der Waals surface area (Å²) in [5, 5.41) is 3.30. The summed E-state index contributed by atoms with van der Waals surface area (Å²) in [6, 6.07) is 14.4. The van der Waals surface area contributed by atoms with Crippen LogP contribution >= 0.6 is 23.4 Å². The Balaban J connectivity index is 1.69. The van der Waals surface area contributed by atoms with E-state index in [0.29, 0.717) is 29.0 Å². The maximum absolute atomic E-state index is 12.7. The molecule has 29 heavy (non-hydrogen) atoms. The van der Waals surface area contributed by atoms with Crippen molar-refractivity contribution in [2.45, 2.75) is 25.5 Å². The quantitative estimate of drug-likeness (QED) is 0.688. The Bertz CT molecular complexity index is 918. The summed E-state index contributed by atoms with van der Waals surface area (Å²) in [6.07, 6.45) is 0.0491. The number of aliphatic imine (C=N–C) groups is 1. The van der Waals surface area contributed by atoms with Crippen LogP contribution in [-0.2, 0) is 9.59 Å². The summed E-state index contributed by atoms with van der Waals surface area (Å²) < 4.78 is 5.44. The van der Waals surface area contributed by atoms with Crippen molar-refractivity contribution in [3.8, 4) is 5.75 Å². The predicted octanol–water partition coefficient (Wildman–Crippen LogP) is 4.72. The van der Waals surface area contributed by atoms with E-state index in [1.807, 2.05) is 38.1 Å². The number of nitrogens with zero attached hydrogens (tertiary/aromatic N) is 2. The van der Waals surface area contributed by atoms with Crippen LogP contribution in [-0.4, -0.2) is 40.3 Å². The van der Waals surface area contributed by atoms with Gasteiger partial charge in [-0.3, -0.25) is 14.5 Å². The lowest BCUT2D eigenvalue weighted by Crippen LogP contribution is -2.33. The number of carbonyl (C=O) groups is 2. The van der Waals surface area contributed by atoms with E-state index in [0.717, 1.165) is 11.4 Å². The van der Waals surface area contributed by atoms with Crippen molar-refractivity contribution >= 4 is 51.7 Å². The number of para-hydroxylation sites is 1. The molecule has 1 fully saturated rings. The van der Waals surface area contributed by atoms with Crippen LogP contribution in [0.3, 0.4) is 0 Å². The number of rotatable bonds is 7. The molecule has 1 atom stereocenters. The van der Waals surface area contributed by atoms with Gasteiger partial charge in [-0.2, -0.15) is 0 Å². The van der Waals surface area contributed by atoms with Crippen LogP contribution in [0.25, 0.3) is 0 Å². The number of hydrogen-bond acceptors (Lipinski definition) is 5. The lowest BCUT2D eigenvalue weighted by molar-refractivity contribution is -0.128. The largest absolute Gasteiger partial charge is 0.494 e. The van der Waals surface area contributed by atoms with Crippen molar-refractivity contribution in [2.24, 2.45) is 4.99 Å². The van der Waals surface area contributed by atoms with Crippen LogP contribution in [0.5, 0.6) is 5.75 Å². The molecular weight excluding hydrogens is 410 g/mol. The van der Waals surface area contributed by atoms with Crippen molar-refractivity contribution in [3.05, 3.63) is 53.6 Å². The predicted molar refractivity (Wildman–Crippen MR) is 118 cm³/mol. The minimum Gasteiger partial charge on any atom is -0.494 e. The molecule has 0 unspecified atom stereocenters. The zero-order chi connectivity index (χ0) is 20.8. The summed E-state index contributed by atoms with van der Waals surface area (Å²) in [4.78, 5) is 31.3. The van der Waals surface area contributed by atoms with Gasteiger partial charge < -0.3 is 10.1 Å². The Morgan fingerprint density at radius 1 is 1.21 bits per heavy atom. The topological polar surface area (TPSA) is 71.0 Å². The Morgan fingerprint density at radius 2 is 1.93 bits per heavy atom. The van der Waals surface area contributed by atoms with Crippen molar-refractivity contribution in [1.29, 1.82) is 0 Å². The van der Waals surface area contributed by atoms with Gasteiger partial charge in [0.1, 0.15) is 11.0 Å². The molecule has 2 aromatic rings. The molecule has 0 bridgehead atoms. The highest BCUT2D eigenvalue weighted by molar-refractivity contribution is 8.15. The third-order valence-electron chi connectivity index (χ3n) is 4.23. The summed E-state index contributed by atoms with van der Waals surface area (Å²) in [5.41, 5.74) is 1.26. The second kappa shape index (κ2) is 9.80. The van der Waals surface area contributed by atoms with Crippen LogP contribution < -0.4 is 10.1 Å². The normalized spacial score (nSPS) is 17.6. The average Bonchev–Trinajstić information content (AvgIpc) is 2.99. The number of amides is 2. The molecule has 0 aromatic heterocycles. The van der Waals surface area contributed by atoms with Crippen LogP contribution in [0.15, 0.2) is 53.5 Å². The Morgan fingerprint density at radius 3 is 2.59 bits per heavy atom. The van der Waals surface area contributed by atoms with Gasteiger partial charge in [0.15, 0.2) is 5.17 Å². The second-order valence-corrected chi connectivity index (χ2v) is 7.82. The van der Waals surface area contributed by atoms with Gasteiger partial charge in [0.25, 0.3) is 0 Å². The molecule has 0 aliphatic carbocycles. The van der Waals surface area contributed by atoms with Crippen LogP contribution in [0.4, 0.5) is 11.4 Å². The molecular formula is C21H22ClN3O3S. The van der Waals surface area contributed by atoms with E-state index in [4.69, 9.17) is 16.3 Å². The highest BCUT2D eigenvalue weighted by atomic mass is 35.5. The van der Waals surface area contributed by atoms with E-state index in [-0.39, 0.29) is 18.2 Å². The van der Waals surface area contributed by atoms with E-state index in [9.17, 15) is 9.59 Å². The standard InChI is InChI=1S/C21H22ClN3O3S/c1-3-25-20(27)18(13-19(26)24-17-8-6-5-7-16(17)22)29-21(25)23-14-9-11-15(12-10-14)28-4-2/h5-12,18H,3-4,13H2,1-2H3,(H,24,26)/t18-/m0/s1. The molecule has 8 heteroatoms. The molecule has 1 saturated heterocycles. The molecule has 1 N–H and O–H groups in total. The summed E-state index contributed by atoms with van der Waals surface area (Å²) in [5.74, 6) is 0.395. The van der Waals surface area contributed by atoms with Crippen LogP contribution in [0.1, 0.15) is 20.3 Å². The molecule has 0 radical (unpaired) electrons. The fourth-order valence-corrected chi connectivity index (χ4v) is 4.25. The first-order valence-corrected chi connectivity index (χ1v) is 10.6. The molecule has 3 rings (SSSR count). The lowest BCUT2D eigenvalue weighted by Gasteiger charge is -2.13. The third-order valence-corrected chi connectivity index (χ3v) is 5.73. The van der Waals surface area contributed by atoms with E-state index in [2.05, 4.69) is 10.3 Å². The number of anilines is 1. The average molecular weight is 432 g/mol. The van der Waals surface area contributed by atoms with E-state index in [1.54, 1.807) is 29.2 Å². The molecule has 2 amide bonds. The number of ether oxygens (including phenoxy) is 1. The van der Waals surface area contributed by atoms with Crippen molar-refractivity contribution in [3.63, 3.8) is 0 Å². The fourth-order valence-electron chi connectivity index (χ4n) is 2.84. The first-order valence-electron chi connectivity index (χ1n) is 9.35. The summed E-state index contributed by atoms with van der Waals surface area (Å²) in [7, 11) is 0. The van der Waals surface area contributed by atoms with Gasteiger partial charge in [0.05, 0.1) is 23.0 Å². The molecule has 0 saturated carbocycles. The molecule has 1 heterocycles. The van der Waals surface area contributed by atoms with E-state index >= 15 is 0 Å². The molecule has 1 aliphatic rings. The first-order chi connectivity index (χ1) is 14.0. The smallest absolute Gasteiger partial charge is 0.242 e. The highest BCUT2D eigenvalue weighted by Gasteiger charge is 2.38. The number of amidine groups is 1. The van der Waals surface area contributed by atoms with Gasteiger partial charge in [-0.25, -0.2) is 4.99 Å². The number of halogens is 1. The Labute approximate surface area is 179 Å². The van der Waals surface area contributed by atoms with Crippen molar-refractivity contribution in [1.82, 2.24) is 4.90 Å². The van der Waals surface area contributed by atoms with E-state index in [1.165, 1.54) is 11.8 Å². The maximum atomic E-state index is 12.7. The number of nitrogens with one attached hydrogen (secondary N) is 1. The fraction of sp³-hybridized carbons (Fsp3) is 0.286. The SMILES string of the molecule is CCOc1ccc(N=C2S[C@@H](CC(=O)Nc3ccccc3Cl)C(=O)N2CC)cc1. The zero-order valence-corrected chi connectivity index (χ0v) is 17.8. The van der Waals surface area contributed by atoms with E-state index < -0.39 is 5.25 Å². The van der Waals surface area contributed by atoms with Crippen LogP contribution in [0.2, 0.25) is 5.02 Å². The minimum atomic E-state index is -0.515. The van der Waals surface area contributed by atoms with Gasteiger partial charge in [-0.05, 0) is 50.2 Å². The van der Waals surface area contributed by atoms with Gasteiger partial charge in [0.2, 0.25) is 11.8 Å². The molecule has 2 aromatic carbocycles. The van der Waals surface area contributed by atoms with Crippen molar-refractivity contribution in [2.75, 3.05) is 18.5 Å². The lowest BCUT2D eigenvalue weighted by atomic mass is 10.2. The highest BCUT2D eigenvalue weighted by Crippen LogP contribution is 2.32. The number of carbonyl (C=O) groups excluding carboxylic acids is 2. The van der Waals surface area contributed by atoms with Crippen molar-refractivity contribution < 1.29 is 14.3 Å². The zero-order valence-electron chi connectivity index (χ0n) is 16.2. The second-order valence-electron chi connectivity index (χ2n) is 6.24. The van der Waals surface area contributed by atoms with Gasteiger partial charge in [0, 0.05) is 13.0 Å². The molecule has 152 valence electrons. The van der Waals surface area contributed by atoms with Gasteiger partial charge in [-0.15, -0.1) is 0 Å². The van der Waals surface area contributed by atoms with Crippen LogP contribution in [0, 0.1) is 0 Å². The number of hydrogen-bond donors (Lipinski definition) is 1. The molecule has 0 spiro atoms. The summed E-state index contributed by atoms with van der Waals surface area (Å²) in [6.45, 7) is 4.90. The maximum Gasteiger partial charge on any atom is 0.242 e. The number of benzene rings is 2. The minimum absolute atomic E-state index is 0.0491.